The number of aromatic nitrogens is 1. The molecule has 2 heterocycles. The lowest BCUT2D eigenvalue weighted by Gasteiger charge is -2.12. The third-order valence-corrected chi connectivity index (χ3v) is 5.60. The minimum atomic E-state index is -1.28. The molecule has 160 valence electrons. The molecule has 2 N–H and O–H groups in total. The number of unbranched alkanes of at least 4 members (excludes halogenated alkanes) is 7. The Morgan fingerprint density at radius 2 is 1.93 bits per heavy atom. The van der Waals surface area contributed by atoms with E-state index in [0.717, 1.165) is 16.8 Å². The first-order valence-corrected chi connectivity index (χ1v) is 10.8. The van der Waals surface area contributed by atoms with Crippen LogP contribution in [0.5, 0.6) is 0 Å². The van der Waals surface area contributed by atoms with E-state index in [4.69, 9.17) is 9.52 Å². The molecule has 1 aliphatic rings. The summed E-state index contributed by atoms with van der Waals surface area (Å²) in [4.78, 5) is 16.5. The van der Waals surface area contributed by atoms with E-state index in [1.165, 1.54) is 56.9 Å². The maximum Gasteiger partial charge on any atom is 0.407 e. The zero-order valence-corrected chi connectivity index (χ0v) is 17.2. The highest BCUT2D eigenvalue weighted by molar-refractivity contribution is 5.75. The number of benzene rings is 1. The second-order valence-corrected chi connectivity index (χ2v) is 8.00. The molecule has 3 rings (SSSR count). The normalized spacial score (nSPS) is 19.2. The van der Waals surface area contributed by atoms with E-state index in [0.29, 0.717) is 5.58 Å². The van der Waals surface area contributed by atoms with Crippen LogP contribution >= 0.6 is 0 Å². The molecule has 1 amide bonds. The summed E-state index contributed by atoms with van der Waals surface area (Å²) in [7, 11) is 0. The number of hydrogen-bond acceptors (Lipinski definition) is 4. The molecule has 1 aromatic heterocycles. The fraction of sp³-hybridized carbons (Fsp3) is 0.636. The van der Waals surface area contributed by atoms with Gasteiger partial charge in [0.05, 0.1) is 12.6 Å². The van der Waals surface area contributed by atoms with Gasteiger partial charge in [-0.25, -0.2) is 9.18 Å². The molecule has 0 bridgehead atoms. The number of nitrogens with zero attached hydrogens (tertiary/aromatic N) is 2. The first-order valence-electron chi connectivity index (χ1n) is 10.8. The van der Waals surface area contributed by atoms with Crippen LogP contribution in [0.15, 0.2) is 22.6 Å². The molecule has 1 saturated heterocycles. The standard InChI is InChI=1S/C22H32FN3O3/c1-2-3-4-5-6-7-8-9-10-16-11-12-20-18(13-16)24-21(29-20)25-19-15-26(22(27)28)14-17(19)23/h11-13,17,19H,2-10,14-15H2,1H3,(H,24,25)(H,27,28)/t17-,19+/m0/s1. The smallest absolute Gasteiger partial charge is 0.407 e. The third kappa shape index (κ3) is 6.08. The number of alkyl halides is 1. The predicted octanol–water partition coefficient (Wildman–Crippen LogP) is 5.62. The topological polar surface area (TPSA) is 78.6 Å². The number of fused-ring (bicyclic) bond motifs is 1. The fourth-order valence-electron chi connectivity index (χ4n) is 3.87. The van der Waals surface area contributed by atoms with Gasteiger partial charge in [-0.3, -0.25) is 0 Å². The Hall–Kier alpha value is -2.31. The second kappa shape index (κ2) is 10.5. The number of likely N-dealkylation sites (tertiary alicyclic amines) is 1. The van der Waals surface area contributed by atoms with Gasteiger partial charge >= 0.3 is 6.09 Å². The molecular formula is C22H32FN3O3. The van der Waals surface area contributed by atoms with Crippen LogP contribution in [0.3, 0.4) is 0 Å². The zero-order valence-electron chi connectivity index (χ0n) is 17.2. The van der Waals surface area contributed by atoms with E-state index in [2.05, 4.69) is 23.3 Å². The number of amides is 1. The van der Waals surface area contributed by atoms with Gasteiger partial charge in [0.25, 0.3) is 6.01 Å². The average Bonchev–Trinajstić information content (AvgIpc) is 3.27. The summed E-state index contributed by atoms with van der Waals surface area (Å²) in [6.07, 6.45) is 9.00. The Morgan fingerprint density at radius 3 is 2.62 bits per heavy atom. The van der Waals surface area contributed by atoms with Crippen molar-refractivity contribution in [2.45, 2.75) is 76.9 Å². The van der Waals surface area contributed by atoms with Crippen LogP contribution in [-0.2, 0) is 6.42 Å². The van der Waals surface area contributed by atoms with E-state index >= 15 is 0 Å². The molecule has 0 radical (unpaired) electrons. The number of anilines is 1. The first kappa shape index (κ1) is 21.4. The summed E-state index contributed by atoms with van der Waals surface area (Å²) >= 11 is 0. The fourth-order valence-corrected chi connectivity index (χ4v) is 3.87. The Labute approximate surface area is 171 Å². The average molecular weight is 406 g/mol. The lowest BCUT2D eigenvalue weighted by Crippen LogP contribution is -2.31. The Balaban J connectivity index is 1.47. The highest BCUT2D eigenvalue weighted by atomic mass is 19.1. The molecule has 1 fully saturated rings. The Kier molecular flexibility index (Phi) is 7.72. The predicted molar refractivity (Wildman–Crippen MR) is 112 cm³/mol. The van der Waals surface area contributed by atoms with E-state index in [9.17, 15) is 9.18 Å². The molecule has 1 aromatic carbocycles. The molecule has 0 unspecified atom stereocenters. The van der Waals surface area contributed by atoms with Crippen molar-refractivity contribution in [2.75, 3.05) is 18.4 Å². The summed E-state index contributed by atoms with van der Waals surface area (Å²) < 4.78 is 19.7. The summed E-state index contributed by atoms with van der Waals surface area (Å²) in [6.45, 7) is 2.19. The first-order chi connectivity index (χ1) is 14.1. The van der Waals surface area contributed by atoms with Gasteiger partial charge in [0.2, 0.25) is 0 Å². The van der Waals surface area contributed by atoms with Crippen LogP contribution in [0.25, 0.3) is 11.1 Å². The Bertz CT molecular complexity index is 795. The van der Waals surface area contributed by atoms with Gasteiger partial charge < -0.3 is 19.7 Å². The van der Waals surface area contributed by atoms with Crippen LogP contribution in [0, 0.1) is 0 Å². The summed E-state index contributed by atoms with van der Waals surface area (Å²) in [5.41, 5.74) is 2.62. The van der Waals surface area contributed by atoms with Crippen molar-refractivity contribution in [2.24, 2.45) is 0 Å². The minimum Gasteiger partial charge on any atom is -0.465 e. The quantitative estimate of drug-likeness (QED) is 0.474. The zero-order chi connectivity index (χ0) is 20.6. The van der Waals surface area contributed by atoms with Gasteiger partial charge in [-0.2, -0.15) is 4.98 Å². The molecule has 0 aliphatic carbocycles. The number of nitrogens with one attached hydrogen (secondary N) is 1. The van der Waals surface area contributed by atoms with E-state index in [-0.39, 0.29) is 19.1 Å². The van der Waals surface area contributed by atoms with Crippen LogP contribution in [0.1, 0.15) is 63.9 Å². The van der Waals surface area contributed by atoms with Crippen LogP contribution in [0.4, 0.5) is 15.2 Å². The number of oxazole rings is 1. The SMILES string of the molecule is CCCCCCCCCCc1ccc2oc(N[C@@H]3CN(C(=O)O)C[C@@H]3F)nc2c1. The van der Waals surface area contributed by atoms with Crippen molar-refractivity contribution in [1.82, 2.24) is 9.88 Å². The van der Waals surface area contributed by atoms with Gasteiger partial charge in [0.15, 0.2) is 5.58 Å². The van der Waals surface area contributed by atoms with Gasteiger partial charge in [-0.1, -0.05) is 57.9 Å². The van der Waals surface area contributed by atoms with Gasteiger partial charge in [0, 0.05) is 6.54 Å². The number of rotatable bonds is 11. The summed E-state index contributed by atoms with van der Waals surface area (Å²) in [6, 6.07) is 5.58. The minimum absolute atomic E-state index is 0.0823. The van der Waals surface area contributed by atoms with Gasteiger partial charge in [-0.05, 0) is 30.5 Å². The molecule has 0 saturated carbocycles. The number of carboxylic acid groups (broad SMARTS) is 1. The number of halogens is 1. The lowest BCUT2D eigenvalue weighted by molar-refractivity contribution is 0.152. The van der Waals surface area contributed by atoms with E-state index < -0.39 is 18.3 Å². The Morgan fingerprint density at radius 1 is 1.21 bits per heavy atom. The lowest BCUT2D eigenvalue weighted by atomic mass is 10.0. The van der Waals surface area contributed by atoms with Gasteiger partial charge in [0.1, 0.15) is 11.7 Å². The van der Waals surface area contributed by atoms with E-state index in [1.54, 1.807) is 0 Å². The van der Waals surface area contributed by atoms with Crippen molar-refractivity contribution in [1.29, 1.82) is 0 Å². The number of carbonyl (C=O) groups is 1. The molecule has 1 aliphatic heterocycles. The summed E-state index contributed by atoms with van der Waals surface area (Å²) in [5, 5.41) is 11.9. The van der Waals surface area contributed by atoms with Crippen molar-refractivity contribution >= 4 is 23.2 Å². The molecule has 2 atom stereocenters. The van der Waals surface area contributed by atoms with Gasteiger partial charge in [-0.15, -0.1) is 0 Å². The number of hydrogen-bond donors (Lipinski definition) is 2. The highest BCUT2D eigenvalue weighted by Gasteiger charge is 2.36. The van der Waals surface area contributed by atoms with Crippen molar-refractivity contribution in [3.8, 4) is 0 Å². The van der Waals surface area contributed by atoms with Crippen molar-refractivity contribution in [3.63, 3.8) is 0 Å². The number of aryl methyl sites for hydroxylation is 1. The molecule has 0 spiro atoms. The van der Waals surface area contributed by atoms with Crippen LogP contribution in [-0.4, -0.2) is 46.4 Å². The molecule has 2 aromatic rings. The van der Waals surface area contributed by atoms with E-state index in [1.807, 2.05) is 12.1 Å². The largest absolute Gasteiger partial charge is 0.465 e. The molecule has 7 heteroatoms. The van der Waals surface area contributed by atoms with Crippen LogP contribution in [0.2, 0.25) is 0 Å². The summed E-state index contributed by atoms with van der Waals surface area (Å²) in [5.74, 6) is 0. The van der Waals surface area contributed by atoms with Crippen molar-refractivity contribution in [3.05, 3.63) is 23.8 Å². The molecular weight excluding hydrogens is 373 g/mol. The maximum absolute atomic E-state index is 14.1. The molecule has 6 nitrogen and oxygen atoms in total. The molecule has 29 heavy (non-hydrogen) atoms. The highest BCUT2D eigenvalue weighted by Crippen LogP contribution is 2.24. The van der Waals surface area contributed by atoms with Crippen molar-refractivity contribution < 1.29 is 18.7 Å². The third-order valence-electron chi connectivity index (χ3n) is 5.60. The van der Waals surface area contributed by atoms with Crippen LogP contribution < -0.4 is 5.32 Å². The maximum atomic E-state index is 14.1. The monoisotopic (exact) mass is 405 g/mol. The second-order valence-electron chi connectivity index (χ2n) is 8.00.